The Hall–Kier alpha value is -0.940. The van der Waals surface area contributed by atoms with Gasteiger partial charge in [0.25, 0.3) is 0 Å². The lowest BCUT2D eigenvalue weighted by atomic mass is 10.0. The molecule has 98 valence electrons. The van der Waals surface area contributed by atoms with Gasteiger partial charge in [-0.25, -0.2) is 0 Å². The third kappa shape index (κ3) is 3.78. The summed E-state index contributed by atoms with van der Waals surface area (Å²) >= 11 is 0. The van der Waals surface area contributed by atoms with E-state index in [9.17, 15) is 0 Å². The van der Waals surface area contributed by atoms with Crippen LogP contribution in [0.2, 0.25) is 0 Å². The number of hydrogen-bond donors (Lipinski definition) is 1. The van der Waals surface area contributed by atoms with Crippen LogP contribution < -0.4 is 5.32 Å². The van der Waals surface area contributed by atoms with Gasteiger partial charge in [-0.3, -0.25) is 0 Å². The Morgan fingerprint density at radius 1 is 1.41 bits per heavy atom. The maximum atomic E-state index is 5.63. The molecule has 0 fully saturated rings. The number of hydrogen-bond acceptors (Lipinski definition) is 5. The van der Waals surface area contributed by atoms with E-state index in [1.54, 1.807) is 7.11 Å². The Morgan fingerprint density at radius 2 is 2.12 bits per heavy atom. The van der Waals surface area contributed by atoms with E-state index in [0.717, 1.165) is 19.4 Å². The van der Waals surface area contributed by atoms with E-state index in [1.165, 1.54) is 0 Å². The molecule has 0 aromatic carbocycles. The van der Waals surface area contributed by atoms with Crippen LogP contribution in [0.3, 0.4) is 0 Å². The molecule has 0 saturated carbocycles. The van der Waals surface area contributed by atoms with Gasteiger partial charge in [0, 0.05) is 26.1 Å². The molecule has 1 aromatic heterocycles. The largest absolute Gasteiger partial charge is 0.422 e. The smallest absolute Gasteiger partial charge is 0.247 e. The van der Waals surface area contributed by atoms with Gasteiger partial charge >= 0.3 is 0 Å². The van der Waals surface area contributed by atoms with Crippen LogP contribution in [-0.2, 0) is 16.8 Å². The van der Waals surface area contributed by atoms with E-state index in [1.807, 2.05) is 13.8 Å². The van der Waals surface area contributed by atoms with E-state index in [2.05, 4.69) is 29.4 Å². The molecule has 1 unspecified atom stereocenters. The third-order valence-electron chi connectivity index (χ3n) is 2.94. The van der Waals surface area contributed by atoms with Gasteiger partial charge in [0.1, 0.15) is 5.60 Å². The Morgan fingerprint density at radius 3 is 2.65 bits per heavy atom. The number of aromatic nitrogens is 2. The minimum atomic E-state index is -0.475. The summed E-state index contributed by atoms with van der Waals surface area (Å²) in [6.45, 7) is 9.05. The zero-order valence-corrected chi connectivity index (χ0v) is 11.4. The van der Waals surface area contributed by atoms with Crippen molar-refractivity contribution in [2.24, 2.45) is 0 Å². The molecule has 17 heavy (non-hydrogen) atoms. The van der Waals surface area contributed by atoms with Crippen molar-refractivity contribution in [1.29, 1.82) is 0 Å². The fourth-order valence-electron chi connectivity index (χ4n) is 1.42. The molecule has 0 bridgehead atoms. The van der Waals surface area contributed by atoms with Gasteiger partial charge in [-0.1, -0.05) is 20.8 Å². The van der Waals surface area contributed by atoms with Gasteiger partial charge in [-0.2, -0.15) is 0 Å². The molecule has 1 atom stereocenters. The predicted molar refractivity (Wildman–Crippen MR) is 65.8 cm³/mol. The highest BCUT2D eigenvalue weighted by molar-refractivity contribution is 4.95. The minimum Gasteiger partial charge on any atom is -0.422 e. The highest BCUT2D eigenvalue weighted by atomic mass is 16.5. The maximum absolute atomic E-state index is 5.63. The molecule has 1 N–H and O–H groups in total. The van der Waals surface area contributed by atoms with Crippen molar-refractivity contribution in [2.75, 3.05) is 13.7 Å². The molecule has 0 saturated heterocycles. The van der Waals surface area contributed by atoms with Crippen molar-refractivity contribution >= 4 is 0 Å². The first-order valence-corrected chi connectivity index (χ1v) is 6.13. The maximum Gasteiger partial charge on any atom is 0.247 e. The summed E-state index contributed by atoms with van der Waals surface area (Å²) in [6.07, 6.45) is 1.55. The van der Waals surface area contributed by atoms with E-state index in [-0.39, 0.29) is 0 Å². The van der Waals surface area contributed by atoms with Crippen molar-refractivity contribution < 1.29 is 9.15 Å². The predicted octanol–water partition coefficient (Wildman–Crippen LogP) is 1.88. The summed E-state index contributed by atoms with van der Waals surface area (Å²) in [6, 6.07) is 0.470. The minimum absolute atomic E-state index is 0.470. The number of methoxy groups -OCH3 is 1. The van der Waals surface area contributed by atoms with Gasteiger partial charge in [0.15, 0.2) is 0 Å². The van der Waals surface area contributed by atoms with E-state index >= 15 is 0 Å². The van der Waals surface area contributed by atoms with Crippen LogP contribution in [0.4, 0.5) is 0 Å². The second kappa shape index (κ2) is 6.12. The lowest BCUT2D eigenvalue weighted by molar-refractivity contribution is -0.0242. The summed E-state index contributed by atoms with van der Waals surface area (Å²) in [5.74, 6) is 1.21. The number of nitrogens with zero attached hydrogens (tertiary/aromatic N) is 2. The molecule has 1 heterocycles. The SMILES string of the molecule is CCC(C)(OC)c1nnc(CCNC(C)C)o1. The fourth-order valence-corrected chi connectivity index (χ4v) is 1.42. The van der Waals surface area contributed by atoms with E-state index in [0.29, 0.717) is 17.8 Å². The Kier molecular flexibility index (Phi) is 5.08. The molecule has 5 heteroatoms. The Labute approximate surface area is 103 Å². The number of ether oxygens (including phenoxy) is 1. The van der Waals surface area contributed by atoms with Crippen molar-refractivity contribution in [2.45, 2.75) is 52.2 Å². The third-order valence-corrected chi connectivity index (χ3v) is 2.94. The van der Waals surface area contributed by atoms with Crippen LogP contribution in [0.5, 0.6) is 0 Å². The van der Waals surface area contributed by atoms with Crippen molar-refractivity contribution in [3.05, 3.63) is 11.8 Å². The first kappa shape index (κ1) is 14.1. The zero-order valence-electron chi connectivity index (χ0n) is 11.4. The van der Waals surface area contributed by atoms with Crippen molar-refractivity contribution in [3.63, 3.8) is 0 Å². The molecule has 0 amide bonds. The average molecular weight is 241 g/mol. The molecule has 0 radical (unpaired) electrons. The summed E-state index contributed by atoms with van der Waals surface area (Å²) in [7, 11) is 1.66. The molecule has 0 aliphatic carbocycles. The Bertz CT molecular complexity index is 332. The molecule has 1 rings (SSSR count). The standard InChI is InChI=1S/C12H23N3O2/c1-6-12(4,16-5)11-15-14-10(17-11)7-8-13-9(2)3/h9,13H,6-8H2,1-5H3. The normalized spacial score (nSPS) is 15.2. The highest BCUT2D eigenvalue weighted by Gasteiger charge is 2.30. The van der Waals surface area contributed by atoms with Gasteiger partial charge < -0.3 is 14.5 Å². The highest BCUT2D eigenvalue weighted by Crippen LogP contribution is 2.26. The monoisotopic (exact) mass is 241 g/mol. The summed E-state index contributed by atoms with van der Waals surface area (Å²) in [5.41, 5.74) is -0.475. The second-order valence-electron chi connectivity index (χ2n) is 4.65. The van der Waals surface area contributed by atoms with Crippen molar-refractivity contribution in [3.8, 4) is 0 Å². The summed E-state index contributed by atoms with van der Waals surface area (Å²) < 4.78 is 11.0. The molecule has 5 nitrogen and oxygen atoms in total. The first-order valence-electron chi connectivity index (χ1n) is 6.13. The average Bonchev–Trinajstić information content (AvgIpc) is 2.77. The van der Waals surface area contributed by atoms with Gasteiger partial charge in [-0.15, -0.1) is 10.2 Å². The topological polar surface area (TPSA) is 60.2 Å². The van der Waals surface area contributed by atoms with Crippen LogP contribution in [-0.4, -0.2) is 29.9 Å². The van der Waals surface area contributed by atoms with Gasteiger partial charge in [-0.05, 0) is 13.3 Å². The van der Waals surface area contributed by atoms with Crippen LogP contribution in [0.1, 0.15) is 45.9 Å². The molecular formula is C12H23N3O2. The lowest BCUT2D eigenvalue weighted by Crippen LogP contribution is -2.25. The van der Waals surface area contributed by atoms with Crippen LogP contribution in [0.25, 0.3) is 0 Å². The van der Waals surface area contributed by atoms with E-state index in [4.69, 9.17) is 9.15 Å². The second-order valence-corrected chi connectivity index (χ2v) is 4.65. The van der Waals surface area contributed by atoms with Gasteiger partial charge in [0.05, 0.1) is 0 Å². The summed E-state index contributed by atoms with van der Waals surface area (Å²) in [4.78, 5) is 0. The molecule has 0 aliphatic heterocycles. The molecule has 1 aromatic rings. The molecule has 0 aliphatic rings. The quantitative estimate of drug-likeness (QED) is 0.789. The van der Waals surface area contributed by atoms with Crippen LogP contribution >= 0.6 is 0 Å². The lowest BCUT2D eigenvalue weighted by Gasteiger charge is -2.21. The van der Waals surface area contributed by atoms with Crippen LogP contribution in [0.15, 0.2) is 4.42 Å². The summed E-state index contributed by atoms with van der Waals surface area (Å²) in [5, 5.41) is 11.4. The fraction of sp³-hybridized carbons (Fsp3) is 0.833. The molecule has 0 spiro atoms. The Balaban J connectivity index is 2.59. The van der Waals surface area contributed by atoms with Crippen LogP contribution in [0, 0.1) is 0 Å². The first-order chi connectivity index (χ1) is 8.01. The number of nitrogens with one attached hydrogen (secondary N) is 1. The van der Waals surface area contributed by atoms with Crippen molar-refractivity contribution in [1.82, 2.24) is 15.5 Å². The molecular weight excluding hydrogens is 218 g/mol. The van der Waals surface area contributed by atoms with E-state index < -0.39 is 5.60 Å². The number of rotatable bonds is 7. The zero-order chi connectivity index (χ0) is 12.9. The van der Waals surface area contributed by atoms with Gasteiger partial charge in [0.2, 0.25) is 11.8 Å².